The number of nitrogens with zero attached hydrogens (tertiary/aromatic N) is 2. The van der Waals surface area contributed by atoms with Crippen LogP contribution in [0.5, 0.6) is 0 Å². The Bertz CT molecular complexity index is 396. The predicted molar refractivity (Wildman–Crippen MR) is 59.1 cm³/mol. The highest BCUT2D eigenvalue weighted by atomic mass is 16.5. The lowest BCUT2D eigenvalue weighted by Gasteiger charge is -2.03. The summed E-state index contributed by atoms with van der Waals surface area (Å²) in [5, 5.41) is 4.10. The van der Waals surface area contributed by atoms with Gasteiger partial charge in [-0.25, -0.2) is 4.79 Å². The number of aryl methyl sites for hydroxylation is 1. The van der Waals surface area contributed by atoms with Gasteiger partial charge in [-0.3, -0.25) is 4.68 Å². The van der Waals surface area contributed by atoms with E-state index in [0.29, 0.717) is 18.9 Å². The van der Waals surface area contributed by atoms with Crippen molar-refractivity contribution in [3.05, 3.63) is 29.6 Å². The summed E-state index contributed by atoms with van der Waals surface area (Å²) in [4.78, 5) is 11.4. The van der Waals surface area contributed by atoms with Crippen LogP contribution in [0.4, 0.5) is 0 Å². The molecule has 88 valence electrons. The van der Waals surface area contributed by atoms with E-state index < -0.39 is 5.97 Å². The molecule has 1 rings (SSSR count). The molecule has 1 aromatic rings. The number of rotatable bonds is 5. The summed E-state index contributed by atoms with van der Waals surface area (Å²) in [6.07, 6.45) is 1.67. The van der Waals surface area contributed by atoms with Crippen LogP contribution in [-0.2, 0) is 23.1 Å². The van der Waals surface area contributed by atoms with Gasteiger partial charge in [-0.05, 0) is 6.92 Å². The highest BCUT2D eigenvalue weighted by Crippen LogP contribution is 2.14. The summed E-state index contributed by atoms with van der Waals surface area (Å²) in [5.74, 6) is -0.428. The number of esters is 1. The van der Waals surface area contributed by atoms with Crippen molar-refractivity contribution in [3.8, 4) is 0 Å². The molecule has 0 radical (unpaired) electrons. The molecule has 0 atom stereocenters. The number of ether oxygens (including phenoxy) is 2. The minimum absolute atomic E-state index is 0.335. The third-order valence-electron chi connectivity index (χ3n) is 2.28. The monoisotopic (exact) mass is 224 g/mol. The van der Waals surface area contributed by atoms with E-state index in [2.05, 4.69) is 16.4 Å². The molecule has 0 aliphatic carbocycles. The highest BCUT2D eigenvalue weighted by molar-refractivity contribution is 5.88. The average Bonchev–Trinajstić information content (AvgIpc) is 2.56. The van der Waals surface area contributed by atoms with E-state index in [1.165, 1.54) is 7.11 Å². The summed E-state index contributed by atoms with van der Waals surface area (Å²) in [6.45, 7) is 6.26. The molecule has 0 aromatic carbocycles. The lowest BCUT2D eigenvalue weighted by atomic mass is 10.2. The van der Waals surface area contributed by atoms with Crippen LogP contribution in [0.25, 0.3) is 0 Å². The molecule has 0 aliphatic rings. The summed E-state index contributed by atoms with van der Waals surface area (Å²) >= 11 is 0. The topological polar surface area (TPSA) is 53.4 Å². The normalized spacial score (nSPS) is 10.2. The van der Waals surface area contributed by atoms with Gasteiger partial charge in [-0.15, -0.1) is 6.58 Å². The molecule has 0 saturated carbocycles. The zero-order valence-electron chi connectivity index (χ0n) is 9.82. The maximum Gasteiger partial charge on any atom is 0.358 e. The third kappa shape index (κ3) is 2.49. The minimum Gasteiger partial charge on any atom is -0.464 e. The van der Waals surface area contributed by atoms with Crippen molar-refractivity contribution in [2.45, 2.75) is 13.5 Å². The average molecular weight is 224 g/mol. The summed E-state index contributed by atoms with van der Waals surface area (Å²) in [7, 11) is 3.11. The molecule has 5 heteroatoms. The van der Waals surface area contributed by atoms with E-state index >= 15 is 0 Å². The van der Waals surface area contributed by atoms with Gasteiger partial charge in [-0.2, -0.15) is 5.10 Å². The van der Waals surface area contributed by atoms with E-state index in [-0.39, 0.29) is 0 Å². The molecule has 16 heavy (non-hydrogen) atoms. The fourth-order valence-corrected chi connectivity index (χ4v) is 1.40. The fraction of sp³-hybridized carbons (Fsp3) is 0.455. The van der Waals surface area contributed by atoms with Crippen molar-refractivity contribution < 1.29 is 14.3 Å². The SMILES string of the molecule is C=CCOCc1c(C)c(C(=O)OC)nn1C. The minimum atomic E-state index is -0.428. The molecular formula is C11H16N2O3. The van der Waals surface area contributed by atoms with Crippen LogP contribution in [0.2, 0.25) is 0 Å². The second-order valence-corrected chi connectivity index (χ2v) is 3.34. The standard InChI is InChI=1S/C11H16N2O3/c1-5-6-16-7-9-8(2)10(11(14)15-4)12-13(9)3/h5H,1,6-7H2,2-4H3. The first-order valence-electron chi connectivity index (χ1n) is 4.91. The number of aromatic nitrogens is 2. The number of carbonyl (C=O) groups excluding carboxylic acids is 1. The first-order valence-corrected chi connectivity index (χ1v) is 4.91. The Hall–Kier alpha value is -1.62. The van der Waals surface area contributed by atoms with Crippen LogP contribution >= 0.6 is 0 Å². The van der Waals surface area contributed by atoms with Crippen LogP contribution in [0.3, 0.4) is 0 Å². The smallest absolute Gasteiger partial charge is 0.358 e. The number of hydrogen-bond acceptors (Lipinski definition) is 4. The van der Waals surface area contributed by atoms with Gasteiger partial charge in [0.1, 0.15) is 0 Å². The van der Waals surface area contributed by atoms with Crippen molar-refractivity contribution >= 4 is 5.97 Å². The maximum absolute atomic E-state index is 11.4. The first kappa shape index (κ1) is 12.4. The molecule has 1 aromatic heterocycles. The molecule has 0 fully saturated rings. The molecule has 0 amide bonds. The van der Waals surface area contributed by atoms with E-state index in [1.807, 2.05) is 6.92 Å². The Morgan fingerprint density at radius 2 is 2.31 bits per heavy atom. The number of carbonyl (C=O) groups is 1. The first-order chi connectivity index (χ1) is 7.61. The van der Waals surface area contributed by atoms with Crippen molar-refractivity contribution in [3.63, 3.8) is 0 Å². The van der Waals surface area contributed by atoms with Crippen molar-refractivity contribution in [2.24, 2.45) is 7.05 Å². The second kappa shape index (κ2) is 5.46. The van der Waals surface area contributed by atoms with Gasteiger partial charge in [0.15, 0.2) is 5.69 Å². The second-order valence-electron chi connectivity index (χ2n) is 3.34. The van der Waals surface area contributed by atoms with Gasteiger partial charge in [0, 0.05) is 12.6 Å². The lowest BCUT2D eigenvalue weighted by Crippen LogP contribution is -2.04. The van der Waals surface area contributed by atoms with Gasteiger partial charge in [0.2, 0.25) is 0 Å². The van der Waals surface area contributed by atoms with Gasteiger partial charge < -0.3 is 9.47 Å². The number of methoxy groups -OCH3 is 1. The van der Waals surface area contributed by atoms with Gasteiger partial charge in [0.05, 0.1) is 26.0 Å². The van der Waals surface area contributed by atoms with Gasteiger partial charge in [-0.1, -0.05) is 6.08 Å². The molecule has 0 bridgehead atoms. The van der Waals surface area contributed by atoms with Gasteiger partial charge in [0.25, 0.3) is 0 Å². The maximum atomic E-state index is 11.4. The molecule has 0 aliphatic heterocycles. The molecule has 0 unspecified atom stereocenters. The Kier molecular flexibility index (Phi) is 4.25. The Morgan fingerprint density at radius 1 is 1.62 bits per heavy atom. The summed E-state index contributed by atoms with van der Waals surface area (Å²) < 4.78 is 11.6. The van der Waals surface area contributed by atoms with Crippen LogP contribution in [0, 0.1) is 6.92 Å². The van der Waals surface area contributed by atoms with Crippen LogP contribution in [0.15, 0.2) is 12.7 Å². The zero-order chi connectivity index (χ0) is 12.1. The fourth-order valence-electron chi connectivity index (χ4n) is 1.40. The lowest BCUT2D eigenvalue weighted by molar-refractivity contribution is 0.0592. The molecule has 1 heterocycles. The Labute approximate surface area is 94.7 Å². The van der Waals surface area contributed by atoms with E-state index in [1.54, 1.807) is 17.8 Å². The van der Waals surface area contributed by atoms with Crippen LogP contribution in [0.1, 0.15) is 21.7 Å². The summed E-state index contributed by atoms with van der Waals surface area (Å²) in [6, 6.07) is 0. The number of hydrogen-bond donors (Lipinski definition) is 0. The van der Waals surface area contributed by atoms with Crippen molar-refractivity contribution in [1.82, 2.24) is 9.78 Å². The van der Waals surface area contributed by atoms with Crippen LogP contribution in [-0.4, -0.2) is 29.5 Å². The third-order valence-corrected chi connectivity index (χ3v) is 2.28. The highest BCUT2D eigenvalue weighted by Gasteiger charge is 2.18. The molecule has 5 nitrogen and oxygen atoms in total. The molecule has 0 saturated heterocycles. The molecule has 0 N–H and O–H groups in total. The summed E-state index contributed by atoms with van der Waals surface area (Å²) in [5.41, 5.74) is 1.99. The Morgan fingerprint density at radius 3 is 2.88 bits per heavy atom. The van der Waals surface area contributed by atoms with Gasteiger partial charge >= 0.3 is 5.97 Å². The quantitative estimate of drug-likeness (QED) is 0.428. The molecular weight excluding hydrogens is 208 g/mol. The van der Waals surface area contributed by atoms with Crippen molar-refractivity contribution in [2.75, 3.05) is 13.7 Å². The van der Waals surface area contributed by atoms with E-state index in [0.717, 1.165) is 11.3 Å². The zero-order valence-corrected chi connectivity index (χ0v) is 9.82. The van der Waals surface area contributed by atoms with Crippen molar-refractivity contribution in [1.29, 1.82) is 0 Å². The van der Waals surface area contributed by atoms with E-state index in [9.17, 15) is 4.79 Å². The predicted octanol–water partition coefficient (Wildman–Crippen LogP) is 1.22. The Balaban J connectivity index is 2.88. The molecule has 0 spiro atoms. The largest absolute Gasteiger partial charge is 0.464 e. The van der Waals surface area contributed by atoms with E-state index in [4.69, 9.17) is 4.74 Å². The van der Waals surface area contributed by atoms with Crippen LogP contribution < -0.4 is 0 Å².